The smallest absolute Gasteiger partial charge is 0.319 e. The number of alkyl halides is 1. The van der Waals surface area contributed by atoms with Crippen molar-refractivity contribution in [2.75, 3.05) is 50.8 Å². The summed E-state index contributed by atoms with van der Waals surface area (Å²) in [5.41, 5.74) is -1.11. The van der Waals surface area contributed by atoms with E-state index in [0.29, 0.717) is 51.4 Å². The summed E-state index contributed by atoms with van der Waals surface area (Å²) in [5, 5.41) is 20.0. The normalized spacial score (nSPS) is 22.4. The third-order valence-electron chi connectivity index (χ3n) is 9.06. The lowest BCUT2D eigenvalue weighted by Crippen LogP contribution is -2.43. The van der Waals surface area contributed by atoms with Gasteiger partial charge in [0, 0.05) is 56.3 Å². The minimum absolute atomic E-state index is 0.105. The molecule has 3 fully saturated rings. The zero-order valence-electron chi connectivity index (χ0n) is 23.7. The summed E-state index contributed by atoms with van der Waals surface area (Å²) in [6.07, 6.45) is 5.24. The van der Waals surface area contributed by atoms with Gasteiger partial charge in [-0.1, -0.05) is 6.07 Å². The molecule has 0 spiro atoms. The first kappa shape index (κ1) is 28.3. The fourth-order valence-electron chi connectivity index (χ4n) is 6.96. The van der Waals surface area contributed by atoms with E-state index in [9.17, 15) is 19.1 Å². The van der Waals surface area contributed by atoms with E-state index in [-0.39, 0.29) is 51.3 Å². The lowest BCUT2D eigenvalue weighted by molar-refractivity contribution is 0.107. The molecule has 1 unspecified atom stereocenters. The van der Waals surface area contributed by atoms with Crippen molar-refractivity contribution < 1.29 is 27.4 Å². The van der Waals surface area contributed by atoms with Gasteiger partial charge in [0.15, 0.2) is 23.6 Å². The van der Waals surface area contributed by atoms with Crippen molar-refractivity contribution in [3.63, 3.8) is 0 Å². The number of rotatable bonds is 5. The molecule has 3 aliphatic heterocycles. The summed E-state index contributed by atoms with van der Waals surface area (Å²) in [6, 6.07) is 4.51. The Morgan fingerprint density at radius 2 is 1.91 bits per heavy atom. The van der Waals surface area contributed by atoms with Crippen LogP contribution in [0, 0.1) is 28.9 Å². The van der Waals surface area contributed by atoms with Gasteiger partial charge in [-0.05, 0) is 49.4 Å². The maximum atomic E-state index is 16.5. The number of nitrogens with zero attached hydrogens (tertiary/aromatic N) is 7. The number of benzene rings is 2. The Balaban J connectivity index is 1.36. The second-order valence-electron chi connectivity index (χ2n) is 11.8. The molecule has 7 rings (SSSR count). The minimum Gasteiger partial charge on any atom is -0.508 e. The highest BCUT2D eigenvalue weighted by Gasteiger charge is 2.49. The van der Waals surface area contributed by atoms with Crippen LogP contribution in [-0.4, -0.2) is 87.4 Å². The van der Waals surface area contributed by atoms with Gasteiger partial charge in [0.1, 0.15) is 35.6 Å². The Morgan fingerprint density at radius 3 is 2.75 bits per heavy atom. The Labute approximate surface area is 250 Å². The van der Waals surface area contributed by atoms with Crippen LogP contribution in [0.2, 0.25) is 0 Å². The van der Waals surface area contributed by atoms with Gasteiger partial charge >= 0.3 is 6.01 Å². The average molecular weight is 608 g/mol. The molecule has 2 aromatic heterocycles. The largest absolute Gasteiger partial charge is 0.508 e. The van der Waals surface area contributed by atoms with Gasteiger partial charge in [-0.25, -0.2) is 17.6 Å². The number of phenols is 1. The SMILES string of the molecule is N#CN1CCCN(c2nc(OCC34CCCN3C[C@H](F)C4)nc3c(F)c(-c4cc(O)cc5ccc(F)c(F)c45)ncc23)CC1. The summed E-state index contributed by atoms with van der Waals surface area (Å²) in [5.74, 6) is -3.16. The topological polar surface area (TPSA) is 102 Å². The number of ether oxygens (including phenoxy) is 1. The number of hydrogen-bond acceptors (Lipinski definition) is 9. The molecule has 2 aromatic carbocycles. The van der Waals surface area contributed by atoms with Gasteiger partial charge in [0.2, 0.25) is 0 Å². The Hall–Kier alpha value is -4.44. The van der Waals surface area contributed by atoms with Crippen molar-refractivity contribution in [3.8, 4) is 29.2 Å². The number of pyridine rings is 1. The highest BCUT2D eigenvalue weighted by molar-refractivity contribution is 6.00. The molecule has 0 radical (unpaired) electrons. The van der Waals surface area contributed by atoms with E-state index in [1.54, 1.807) is 4.90 Å². The summed E-state index contributed by atoms with van der Waals surface area (Å²) in [7, 11) is 0. The summed E-state index contributed by atoms with van der Waals surface area (Å²) in [4.78, 5) is 19.0. The molecule has 1 N–H and O–H groups in total. The van der Waals surface area contributed by atoms with Crippen LogP contribution in [0.1, 0.15) is 25.7 Å². The standard InChI is InChI=1S/C31H29F4N7O2/c32-19-13-31(5-1-8-42(31)15-19)16-44-30-38-28-22(29(39-30)41-7-2-6-40(17-36)9-10-41)14-37-27(26(28)35)21-12-20(43)11-18-3-4-23(33)25(34)24(18)21/h3-4,11-12,14,19,43H,1-2,5-10,13,15-16H2/t19-,31?/m1/s1. The van der Waals surface area contributed by atoms with Gasteiger partial charge in [0.25, 0.3) is 0 Å². The van der Waals surface area contributed by atoms with E-state index in [1.807, 2.05) is 4.90 Å². The molecule has 13 heteroatoms. The predicted octanol–water partition coefficient (Wildman–Crippen LogP) is 4.92. The number of phenolic OH excluding ortho intramolecular Hbond substituents is 1. The van der Waals surface area contributed by atoms with Crippen molar-refractivity contribution in [1.29, 1.82) is 5.26 Å². The van der Waals surface area contributed by atoms with Crippen molar-refractivity contribution in [2.45, 2.75) is 37.4 Å². The molecular formula is C31H29F4N7O2. The number of anilines is 1. The highest BCUT2D eigenvalue weighted by atomic mass is 19.2. The third-order valence-corrected chi connectivity index (χ3v) is 9.06. The summed E-state index contributed by atoms with van der Waals surface area (Å²) >= 11 is 0. The van der Waals surface area contributed by atoms with Crippen LogP contribution in [0.3, 0.4) is 0 Å². The van der Waals surface area contributed by atoms with E-state index in [2.05, 4.69) is 26.0 Å². The van der Waals surface area contributed by atoms with Crippen LogP contribution < -0.4 is 9.64 Å². The fourth-order valence-corrected chi connectivity index (χ4v) is 6.96. The van der Waals surface area contributed by atoms with Crippen LogP contribution in [0.4, 0.5) is 23.4 Å². The Morgan fingerprint density at radius 1 is 1.05 bits per heavy atom. The second-order valence-corrected chi connectivity index (χ2v) is 11.8. The summed E-state index contributed by atoms with van der Waals surface area (Å²) in [6.45, 7) is 3.18. The highest BCUT2D eigenvalue weighted by Crippen LogP contribution is 2.41. The number of halogens is 4. The number of aromatic hydroxyl groups is 1. The zero-order chi connectivity index (χ0) is 30.6. The summed E-state index contributed by atoms with van der Waals surface area (Å²) < 4.78 is 66.4. The molecule has 228 valence electrons. The van der Waals surface area contributed by atoms with Crippen molar-refractivity contribution in [1.82, 2.24) is 24.8 Å². The van der Waals surface area contributed by atoms with E-state index < -0.39 is 29.2 Å². The first-order valence-electron chi connectivity index (χ1n) is 14.7. The first-order valence-corrected chi connectivity index (χ1v) is 14.7. The number of aromatic nitrogens is 3. The molecule has 0 saturated carbocycles. The van der Waals surface area contributed by atoms with Crippen molar-refractivity contribution >= 4 is 27.5 Å². The fraction of sp³-hybridized carbons (Fsp3) is 0.419. The molecule has 0 bridgehead atoms. The molecule has 2 atom stereocenters. The molecule has 4 aromatic rings. The van der Waals surface area contributed by atoms with Crippen molar-refractivity contribution in [2.24, 2.45) is 0 Å². The Bertz CT molecular complexity index is 1820. The molecule has 9 nitrogen and oxygen atoms in total. The lowest BCUT2D eigenvalue weighted by Gasteiger charge is -2.31. The van der Waals surface area contributed by atoms with Crippen LogP contribution in [-0.2, 0) is 0 Å². The molecular weight excluding hydrogens is 578 g/mol. The predicted molar refractivity (Wildman–Crippen MR) is 154 cm³/mol. The maximum absolute atomic E-state index is 16.5. The molecule has 0 aliphatic carbocycles. The van der Waals surface area contributed by atoms with Crippen LogP contribution in [0.25, 0.3) is 32.9 Å². The van der Waals surface area contributed by atoms with Gasteiger partial charge in [-0.3, -0.25) is 9.88 Å². The molecule has 44 heavy (non-hydrogen) atoms. The van der Waals surface area contributed by atoms with E-state index in [4.69, 9.17) is 4.74 Å². The monoisotopic (exact) mass is 607 g/mol. The Kier molecular flexibility index (Phi) is 7.04. The lowest BCUT2D eigenvalue weighted by atomic mass is 9.95. The van der Waals surface area contributed by atoms with Gasteiger partial charge in [-0.15, -0.1) is 0 Å². The third kappa shape index (κ3) is 4.77. The second kappa shape index (κ2) is 10.9. The van der Waals surface area contributed by atoms with Gasteiger partial charge in [0.05, 0.1) is 10.9 Å². The zero-order valence-corrected chi connectivity index (χ0v) is 23.7. The molecule has 3 aliphatic rings. The minimum atomic E-state index is -1.19. The molecule has 5 heterocycles. The number of nitriles is 1. The van der Waals surface area contributed by atoms with Crippen LogP contribution in [0.5, 0.6) is 11.8 Å². The number of fused-ring (bicyclic) bond motifs is 3. The maximum Gasteiger partial charge on any atom is 0.319 e. The molecule has 3 saturated heterocycles. The number of hydrogen-bond donors (Lipinski definition) is 1. The van der Waals surface area contributed by atoms with Crippen molar-refractivity contribution in [3.05, 3.63) is 47.9 Å². The van der Waals surface area contributed by atoms with Crippen LogP contribution in [0.15, 0.2) is 30.5 Å². The van der Waals surface area contributed by atoms with E-state index in [0.717, 1.165) is 31.5 Å². The van der Waals surface area contributed by atoms with Crippen LogP contribution >= 0.6 is 0 Å². The first-order chi connectivity index (χ1) is 21.3. The van der Waals surface area contributed by atoms with Gasteiger partial charge < -0.3 is 19.6 Å². The van der Waals surface area contributed by atoms with Gasteiger partial charge in [-0.2, -0.15) is 15.2 Å². The quantitative estimate of drug-likeness (QED) is 0.250. The van der Waals surface area contributed by atoms with E-state index >= 15 is 8.78 Å². The molecule has 0 amide bonds. The average Bonchev–Trinajstić information content (AvgIpc) is 3.42. The van der Waals surface area contributed by atoms with E-state index in [1.165, 1.54) is 18.3 Å².